The monoisotopic (exact) mass is 222 g/mol. The summed E-state index contributed by atoms with van der Waals surface area (Å²) >= 11 is 0. The van der Waals surface area contributed by atoms with Gasteiger partial charge in [-0.05, 0) is 6.42 Å². The summed E-state index contributed by atoms with van der Waals surface area (Å²) in [7, 11) is 0. The van der Waals surface area contributed by atoms with Crippen LogP contribution in [0.5, 0.6) is 0 Å². The first-order valence-corrected chi connectivity index (χ1v) is 2.56. The van der Waals surface area contributed by atoms with Gasteiger partial charge in [0.1, 0.15) is 0 Å². The Hall–Kier alpha value is 0.421. The van der Waals surface area contributed by atoms with Crippen LogP contribution in [0, 0.1) is 0 Å². The summed E-state index contributed by atoms with van der Waals surface area (Å²) in [6.07, 6.45) is 0.0866. The van der Waals surface area contributed by atoms with Gasteiger partial charge in [0.2, 0.25) is 0 Å². The van der Waals surface area contributed by atoms with Crippen molar-refractivity contribution in [3.05, 3.63) is 0 Å². The number of carboxylic acids is 2. The molecule has 10 heavy (non-hydrogen) atoms. The molecule has 0 aliphatic carbocycles. The molecule has 56 valence electrons. The van der Waals surface area contributed by atoms with Crippen LogP contribution in [0.15, 0.2) is 0 Å². The molecular formula is C5H10O4Sr. The van der Waals surface area contributed by atoms with E-state index in [0.717, 1.165) is 0 Å². The predicted molar refractivity (Wildman–Crippen MR) is 37.1 cm³/mol. The maximum absolute atomic E-state index is 9.79. The Balaban J connectivity index is -0.000000107. The van der Waals surface area contributed by atoms with Crippen molar-refractivity contribution in [1.82, 2.24) is 0 Å². The summed E-state index contributed by atoms with van der Waals surface area (Å²) in [5, 5.41) is 16.1. The molecule has 0 aromatic rings. The Morgan fingerprint density at radius 1 is 1.10 bits per heavy atom. The minimum atomic E-state index is -0.948. The first-order valence-electron chi connectivity index (χ1n) is 2.56. The Kier molecular flexibility index (Phi) is 9.82. The van der Waals surface area contributed by atoms with E-state index >= 15 is 0 Å². The molecular weight excluding hydrogens is 212 g/mol. The third-order valence-electron chi connectivity index (χ3n) is 0.781. The summed E-state index contributed by atoms with van der Waals surface area (Å²) < 4.78 is 0. The van der Waals surface area contributed by atoms with Crippen LogP contribution >= 0.6 is 0 Å². The number of carboxylic acid groups (broad SMARTS) is 2. The fraction of sp³-hybridized carbons (Fsp3) is 0.600. The number of hydrogen-bond acceptors (Lipinski definition) is 2. The molecule has 0 saturated carbocycles. The van der Waals surface area contributed by atoms with Crippen molar-refractivity contribution in [3.63, 3.8) is 0 Å². The first-order chi connectivity index (χ1) is 4.13. The molecule has 0 saturated heterocycles. The maximum Gasteiger partial charge on any atom is 2.00 e. The zero-order chi connectivity index (χ0) is 7.28. The number of aliphatic carboxylic acids is 2. The molecule has 0 rings (SSSR count). The molecule has 0 atom stereocenters. The van der Waals surface area contributed by atoms with Crippen molar-refractivity contribution in [1.29, 1.82) is 0 Å². The van der Waals surface area contributed by atoms with Gasteiger partial charge in [-0.25, -0.2) is 0 Å². The van der Waals surface area contributed by atoms with E-state index in [4.69, 9.17) is 10.2 Å². The van der Waals surface area contributed by atoms with Crippen LogP contribution in [-0.2, 0) is 9.59 Å². The molecule has 2 N–H and O–H groups in total. The number of rotatable bonds is 4. The Labute approximate surface area is 98.5 Å². The third kappa shape index (κ3) is 11.2. The van der Waals surface area contributed by atoms with E-state index in [1.54, 1.807) is 0 Å². The van der Waals surface area contributed by atoms with Crippen LogP contribution in [0.25, 0.3) is 0 Å². The topological polar surface area (TPSA) is 74.6 Å². The molecule has 0 unspecified atom stereocenters. The summed E-state index contributed by atoms with van der Waals surface area (Å²) in [5.41, 5.74) is 0. The van der Waals surface area contributed by atoms with Crippen LogP contribution in [0.4, 0.5) is 0 Å². The van der Waals surface area contributed by atoms with E-state index < -0.39 is 11.9 Å². The quantitative estimate of drug-likeness (QED) is 0.664. The standard InChI is InChI=1S/C5H8O4.Sr.2H/c6-4(7)2-1-3-5(8)9;;;/h1-3H2,(H,6,7)(H,8,9);;;/q;+2;2*-1. The van der Waals surface area contributed by atoms with Gasteiger partial charge in [0.25, 0.3) is 0 Å². The molecule has 0 aromatic carbocycles. The average molecular weight is 222 g/mol. The van der Waals surface area contributed by atoms with Gasteiger partial charge in [-0.3, -0.25) is 9.59 Å². The molecule has 0 aliphatic rings. The van der Waals surface area contributed by atoms with Crippen molar-refractivity contribution in [3.8, 4) is 0 Å². The SMILES string of the molecule is O=C(O)CCCC(=O)O.[H-].[H-].[Sr+2]. The smallest absolute Gasteiger partial charge is 1.00 e. The molecule has 5 heteroatoms. The van der Waals surface area contributed by atoms with Crippen molar-refractivity contribution in [2.45, 2.75) is 19.3 Å². The second kappa shape index (κ2) is 7.53. The van der Waals surface area contributed by atoms with Gasteiger partial charge in [-0.1, -0.05) is 0 Å². The van der Waals surface area contributed by atoms with Gasteiger partial charge in [-0.2, -0.15) is 0 Å². The molecule has 0 aliphatic heterocycles. The van der Waals surface area contributed by atoms with Crippen LogP contribution < -0.4 is 0 Å². The van der Waals surface area contributed by atoms with Crippen molar-refractivity contribution in [2.75, 3.05) is 0 Å². The van der Waals surface area contributed by atoms with Crippen LogP contribution in [0.3, 0.4) is 0 Å². The van der Waals surface area contributed by atoms with Crippen LogP contribution in [-0.4, -0.2) is 67.6 Å². The van der Waals surface area contributed by atoms with Crippen molar-refractivity contribution < 1.29 is 22.7 Å². The van der Waals surface area contributed by atoms with E-state index in [0.29, 0.717) is 0 Å². The zero-order valence-corrected chi connectivity index (χ0v) is 9.02. The van der Waals surface area contributed by atoms with Crippen LogP contribution in [0.2, 0.25) is 0 Å². The van der Waals surface area contributed by atoms with Gasteiger partial charge < -0.3 is 13.1 Å². The molecule has 4 nitrogen and oxygen atoms in total. The predicted octanol–water partition coefficient (Wildman–Crippen LogP) is 0.170. The fourth-order valence-electron chi connectivity index (χ4n) is 0.391. The van der Waals surface area contributed by atoms with E-state index in [1.165, 1.54) is 0 Å². The second-order valence-corrected chi connectivity index (χ2v) is 1.64. The number of hydrogen-bond donors (Lipinski definition) is 2. The fourth-order valence-corrected chi connectivity index (χ4v) is 0.391. The van der Waals surface area contributed by atoms with E-state index in [1.807, 2.05) is 0 Å². The molecule has 0 fully saturated rings. The Morgan fingerprint density at radius 3 is 1.60 bits per heavy atom. The molecule has 0 heterocycles. The molecule has 0 bridgehead atoms. The summed E-state index contributed by atoms with van der Waals surface area (Å²) in [5.74, 6) is -1.90. The van der Waals surface area contributed by atoms with E-state index in [-0.39, 0.29) is 67.6 Å². The van der Waals surface area contributed by atoms with E-state index in [2.05, 4.69) is 0 Å². The van der Waals surface area contributed by atoms with Crippen LogP contribution in [0.1, 0.15) is 22.1 Å². The molecule has 0 amide bonds. The molecule has 0 spiro atoms. The second-order valence-electron chi connectivity index (χ2n) is 1.64. The maximum atomic E-state index is 9.79. The minimum absolute atomic E-state index is 0. The minimum Gasteiger partial charge on any atom is -1.00 e. The molecule has 0 radical (unpaired) electrons. The van der Waals surface area contributed by atoms with Gasteiger partial charge in [0, 0.05) is 12.8 Å². The Bertz CT molecular complexity index is 117. The van der Waals surface area contributed by atoms with Gasteiger partial charge in [0.05, 0.1) is 0 Å². The van der Waals surface area contributed by atoms with Crippen molar-refractivity contribution in [2.24, 2.45) is 0 Å². The van der Waals surface area contributed by atoms with E-state index in [9.17, 15) is 9.59 Å². The summed E-state index contributed by atoms with van der Waals surface area (Å²) in [6, 6.07) is 0. The molecule has 0 aromatic heterocycles. The third-order valence-corrected chi connectivity index (χ3v) is 0.781. The van der Waals surface area contributed by atoms with Gasteiger partial charge in [-0.15, -0.1) is 0 Å². The van der Waals surface area contributed by atoms with Gasteiger partial charge >= 0.3 is 57.4 Å². The first kappa shape index (κ1) is 13.0. The number of carbonyl (C=O) groups is 2. The average Bonchev–Trinajstić information content (AvgIpc) is 1.63. The van der Waals surface area contributed by atoms with Crippen molar-refractivity contribution >= 4 is 57.4 Å². The summed E-state index contributed by atoms with van der Waals surface area (Å²) in [6.45, 7) is 0. The normalized spacial score (nSPS) is 8.00. The Morgan fingerprint density at radius 2 is 1.40 bits per heavy atom. The zero-order valence-electron chi connectivity index (χ0n) is 7.54. The van der Waals surface area contributed by atoms with Gasteiger partial charge in [0.15, 0.2) is 0 Å². The largest absolute Gasteiger partial charge is 2.00 e. The summed E-state index contributed by atoms with van der Waals surface area (Å²) in [4.78, 5) is 19.6.